The van der Waals surface area contributed by atoms with E-state index in [4.69, 9.17) is 0 Å². The number of hydrogen-bond donors (Lipinski definition) is 1. The van der Waals surface area contributed by atoms with Crippen LogP contribution in [0.2, 0.25) is 0 Å². The molecule has 0 spiro atoms. The van der Waals surface area contributed by atoms with Crippen LogP contribution in [0.3, 0.4) is 0 Å². The SMILES string of the molecule is CC1c2ccccc2[NH2+]C(=O)N1C. The second-order valence-electron chi connectivity index (χ2n) is 3.40. The molecule has 0 radical (unpaired) electrons. The van der Waals surface area contributed by atoms with Crippen molar-refractivity contribution in [3.8, 4) is 0 Å². The summed E-state index contributed by atoms with van der Waals surface area (Å²) in [6, 6.07) is 8.30. The van der Waals surface area contributed by atoms with E-state index < -0.39 is 0 Å². The summed E-state index contributed by atoms with van der Waals surface area (Å²) in [5.41, 5.74) is 2.28. The summed E-state index contributed by atoms with van der Waals surface area (Å²) in [5.74, 6) is 0. The van der Waals surface area contributed by atoms with Gasteiger partial charge in [0.25, 0.3) is 0 Å². The minimum absolute atomic E-state index is 0.0891. The van der Waals surface area contributed by atoms with Crippen molar-refractivity contribution in [2.24, 2.45) is 0 Å². The summed E-state index contributed by atoms with van der Waals surface area (Å²) < 4.78 is 0. The number of primary amides is 1. The Hall–Kier alpha value is -1.35. The average molecular weight is 177 g/mol. The molecule has 3 heteroatoms. The zero-order chi connectivity index (χ0) is 9.42. The number of benzene rings is 1. The van der Waals surface area contributed by atoms with E-state index >= 15 is 0 Å². The molecular formula is C10H13N2O+. The Morgan fingerprint density at radius 3 is 2.85 bits per heavy atom. The normalized spacial score (nSPS) is 21.5. The molecule has 2 amide bonds. The van der Waals surface area contributed by atoms with Crippen molar-refractivity contribution < 1.29 is 10.1 Å². The molecule has 0 bridgehead atoms. The van der Waals surface area contributed by atoms with Crippen LogP contribution in [-0.2, 0) is 0 Å². The highest BCUT2D eigenvalue weighted by atomic mass is 16.2. The standard InChI is InChI=1S/C10H12N2O/c1-7-8-5-3-4-6-9(8)11-10(13)12(7)2/h3-7H,1-2H3,(H,11,13)/p+1. The van der Waals surface area contributed by atoms with E-state index in [-0.39, 0.29) is 12.1 Å². The van der Waals surface area contributed by atoms with Crippen molar-refractivity contribution in [1.82, 2.24) is 4.90 Å². The quantitative estimate of drug-likeness (QED) is 0.590. The van der Waals surface area contributed by atoms with Gasteiger partial charge in [-0.25, -0.2) is 10.1 Å². The number of hydrogen-bond acceptors (Lipinski definition) is 1. The number of nitrogens with two attached hydrogens (primary N) is 1. The van der Waals surface area contributed by atoms with Crippen LogP contribution in [0, 0.1) is 0 Å². The van der Waals surface area contributed by atoms with Crippen LogP contribution in [0.1, 0.15) is 18.5 Å². The monoisotopic (exact) mass is 177 g/mol. The number of urea groups is 1. The van der Waals surface area contributed by atoms with Gasteiger partial charge < -0.3 is 0 Å². The van der Waals surface area contributed by atoms with Crippen LogP contribution in [-0.4, -0.2) is 18.0 Å². The summed E-state index contributed by atoms with van der Waals surface area (Å²) in [7, 11) is 1.83. The van der Waals surface area contributed by atoms with Crippen molar-refractivity contribution in [2.45, 2.75) is 13.0 Å². The third-order valence-corrected chi connectivity index (χ3v) is 2.65. The lowest BCUT2D eigenvalue weighted by atomic mass is 10.0. The van der Waals surface area contributed by atoms with Gasteiger partial charge in [0.05, 0.1) is 6.04 Å². The predicted molar refractivity (Wildman–Crippen MR) is 49.6 cm³/mol. The van der Waals surface area contributed by atoms with Gasteiger partial charge in [-0.3, -0.25) is 4.90 Å². The van der Waals surface area contributed by atoms with Crippen molar-refractivity contribution in [3.63, 3.8) is 0 Å². The van der Waals surface area contributed by atoms with Crippen LogP contribution < -0.4 is 5.32 Å². The summed E-state index contributed by atoms with van der Waals surface area (Å²) in [5, 5.41) is 1.69. The molecule has 0 saturated carbocycles. The van der Waals surface area contributed by atoms with Crippen molar-refractivity contribution in [2.75, 3.05) is 7.05 Å². The van der Waals surface area contributed by atoms with Gasteiger partial charge in [0.1, 0.15) is 5.69 Å². The minimum atomic E-state index is 0.0891. The van der Waals surface area contributed by atoms with Crippen molar-refractivity contribution in [1.29, 1.82) is 0 Å². The number of carbonyl (C=O) groups excluding carboxylic acids is 1. The number of amides is 2. The highest BCUT2D eigenvalue weighted by Gasteiger charge is 2.29. The minimum Gasteiger partial charge on any atom is -0.288 e. The first-order chi connectivity index (χ1) is 6.20. The fourth-order valence-corrected chi connectivity index (χ4v) is 1.66. The Bertz CT molecular complexity index is 349. The molecular weight excluding hydrogens is 164 g/mol. The topological polar surface area (TPSA) is 36.9 Å². The summed E-state index contributed by atoms with van der Waals surface area (Å²) >= 11 is 0. The summed E-state index contributed by atoms with van der Waals surface area (Å²) in [6.07, 6.45) is 0. The van der Waals surface area contributed by atoms with Gasteiger partial charge in [-0.2, -0.15) is 0 Å². The lowest BCUT2D eigenvalue weighted by Gasteiger charge is -2.28. The van der Waals surface area contributed by atoms with Crippen LogP contribution in [0.4, 0.5) is 10.5 Å². The maximum atomic E-state index is 11.4. The van der Waals surface area contributed by atoms with Crippen LogP contribution >= 0.6 is 0 Å². The Labute approximate surface area is 77.4 Å². The molecule has 0 aromatic heterocycles. The molecule has 1 aromatic carbocycles. The highest BCUT2D eigenvalue weighted by Crippen LogP contribution is 2.25. The zero-order valence-corrected chi connectivity index (χ0v) is 7.82. The van der Waals surface area contributed by atoms with E-state index in [9.17, 15) is 4.79 Å². The van der Waals surface area contributed by atoms with Gasteiger partial charge in [0.2, 0.25) is 0 Å². The smallest absolute Gasteiger partial charge is 0.288 e. The van der Waals surface area contributed by atoms with Gasteiger partial charge in [0, 0.05) is 12.6 Å². The van der Waals surface area contributed by atoms with Gasteiger partial charge in [-0.05, 0) is 13.0 Å². The third kappa shape index (κ3) is 1.21. The summed E-state index contributed by atoms with van der Waals surface area (Å²) in [6.45, 7) is 2.05. The van der Waals surface area contributed by atoms with E-state index in [1.54, 1.807) is 10.2 Å². The Kier molecular flexibility index (Phi) is 1.81. The largest absolute Gasteiger partial charge is 0.421 e. The van der Waals surface area contributed by atoms with E-state index in [2.05, 4.69) is 6.07 Å². The predicted octanol–water partition coefficient (Wildman–Crippen LogP) is 1.01. The van der Waals surface area contributed by atoms with Gasteiger partial charge in [0.15, 0.2) is 0 Å². The number of fused-ring (bicyclic) bond motifs is 1. The van der Waals surface area contributed by atoms with Crippen LogP contribution in [0.5, 0.6) is 0 Å². The Balaban J connectivity index is 2.49. The number of nitrogens with zero attached hydrogens (tertiary/aromatic N) is 1. The second-order valence-corrected chi connectivity index (χ2v) is 3.40. The first kappa shape index (κ1) is 8.26. The van der Waals surface area contributed by atoms with E-state index in [0.717, 1.165) is 5.69 Å². The molecule has 2 N–H and O–H groups in total. The van der Waals surface area contributed by atoms with Crippen LogP contribution in [0.15, 0.2) is 24.3 Å². The maximum Gasteiger partial charge on any atom is 0.421 e. The molecule has 0 saturated heterocycles. The number of carbonyl (C=O) groups is 1. The molecule has 1 aliphatic rings. The van der Waals surface area contributed by atoms with E-state index in [1.165, 1.54) is 5.56 Å². The first-order valence-corrected chi connectivity index (χ1v) is 4.40. The molecule has 1 aromatic rings. The van der Waals surface area contributed by atoms with E-state index in [0.29, 0.717) is 0 Å². The number of para-hydroxylation sites is 1. The average Bonchev–Trinajstić information content (AvgIpc) is 2.15. The van der Waals surface area contributed by atoms with Crippen molar-refractivity contribution in [3.05, 3.63) is 29.8 Å². The van der Waals surface area contributed by atoms with E-state index in [1.807, 2.05) is 32.2 Å². The molecule has 3 nitrogen and oxygen atoms in total. The lowest BCUT2D eigenvalue weighted by molar-refractivity contribution is -0.479. The third-order valence-electron chi connectivity index (χ3n) is 2.65. The van der Waals surface area contributed by atoms with Gasteiger partial charge in [-0.1, -0.05) is 18.2 Å². The Morgan fingerprint density at radius 1 is 1.38 bits per heavy atom. The zero-order valence-electron chi connectivity index (χ0n) is 7.82. The fraction of sp³-hybridized carbons (Fsp3) is 0.300. The molecule has 68 valence electrons. The van der Waals surface area contributed by atoms with Crippen molar-refractivity contribution >= 4 is 11.7 Å². The molecule has 1 atom stereocenters. The fourth-order valence-electron chi connectivity index (χ4n) is 1.66. The summed E-state index contributed by atoms with van der Waals surface area (Å²) in [4.78, 5) is 13.2. The molecule has 0 fully saturated rings. The number of quaternary nitrogens is 1. The molecule has 2 rings (SSSR count). The Morgan fingerprint density at radius 2 is 2.08 bits per heavy atom. The van der Waals surface area contributed by atoms with Gasteiger partial charge >= 0.3 is 6.03 Å². The first-order valence-electron chi connectivity index (χ1n) is 4.40. The van der Waals surface area contributed by atoms with Gasteiger partial charge in [-0.15, -0.1) is 0 Å². The lowest BCUT2D eigenvalue weighted by Crippen LogP contribution is -2.87. The maximum absolute atomic E-state index is 11.4. The molecule has 1 heterocycles. The molecule has 1 aliphatic heterocycles. The number of rotatable bonds is 0. The molecule has 0 aliphatic carbocycles. The molecule has 13 heavy (non-hydrogen) atoms. The van der Waals surface area contributed by atoms with Crippen LogP contribution in [0.25, 0.3) is 0 Å². The second kappa shape index (κ2) is 2.85. The highest BCUT2D eigenvalue weighted by molar-refractivity contribution is 5.70. The molecule has 1 unspecified atom stereocenters.